The van der Waals surface area contributed by atoms with E-state index in [0.717, 1.165) is 0 Å². The summed E-state index contributed by atoms with van der Waals surface area (Å²) in [6.45, 7) is 2.39. The lowest BCUT2D eigenvalue weighted by Gasteiger charge is -2.06. The van der Waals surface area contributed by atoms with Crippen LogP contribution in [0, 0.1) is 0 Å². The van der Waals surface area contributed by atoms with E-state index in [4.69, 9.17) is 9.15 Å². The number of carbonyl (C=O) groups is 1. The molecular formula is C18H15NO4. The Morgan fingerprint density at radius 3 is 2.65 bits per heavy atom. The first-order valence-electron chi connectivity index (χ1n) is 7.24. The van der Waals surface area contributed by atoms with Gasteiger partial charge in [0.15, 0.2) is 0 Å². The van der Waals surface area contributed by atoms with Crippen LogP contribution in [0.15, 0.2) is 63.8 Å². The average Bonchev–Trinajstić information content (AvgIpc) is 2.55. The standard InChI is InChI=1S/C18H15NO4/c1-2-22-14-9-8-12-10-15(18(21)23-16(12)11-14)17(20)19-13-6-4-3-5-7-13/h3-11H,2H2,1H3,(H,19,20). The van der Waals surface area contributed by atoms with Gasteiger partial charge in [0.2, 0.25) is 0 Å². The lowest BCUT2D eigenvalue weighted by Crippen LogP contribution is -2.20. The highest BCUT2D eigenvalue weighted by atomic mass is 16.5. The minimum absolute atomic E-state index is 0.0366. The van der Waals surface area contributed by atoms with Crippen LogP contribution in [-0.4, -0.2) is 12.5 Å². The highest BCUT2D eigenvalue weighted by Crippen LogP contribution is 2.21. The molecule has 1 aromatic heterocycles. The molecule has 3 rings (SSSR count). The van der Waals surface area contributed by atoms with Crippen molar-refractivity contribution in [2.24, 2.45) is 0 Å². The van der Waals surface area contributed by atoms with Crippen molar-refractivity contribution < 1.29 is 13.9 Å². The Balaban J connectivity index is 1.95. The molecule has 5 heteroatoms. The zero-order valence-electron chi connectivity index (χ0n) is 12.5. The van der Waals surface area contributed by atoms with Crippen molar-refractivity contribution in [3.8, 4) is 5.75 Å². The maximum Gasteiger partial charge on any atom is 0.349 e. The number of fused-ring (bicyclic) bond motifs is 1. The van der Waals surface area contributed by atoms with Crippen LogP contribution in [0.1, 0.15) is 17.3 Å². The number of hydrogen-bond donors (Lipinski definition) is 1. The second-order valence-electron chi connectivity index (χ2n) is 4.90. The number of carbonyl (C=O) groups excluding carboxylic acids is 1. The summed E-state index contributed by atoms with van der Waals surface area (Å²) in [5.74, 6) is 0.116. The van der Waals surface area contributed by atoms with Crippen LogP contribution in [0.25, 0.3) is 11.0 Å². The van der Waals surface area contributed by atoms with Gasteiger partial charge in [-0.25, -0.2) is 4.79 Å². The fourth-order valence-corrected chi connectivity index (χ4v) is 2.23. The van der Waals surface area contributed by atoms with E-state index in [-0.39, 0.29) is 5.56 Å². The highest BCUT2D eigenvalue weighted by molar-refractivity contribution is 6.05. The Kier molecular flexibility index (Phi) is 4.10. The monoisotopic (exact) mass is 309 g/mol. The lowest BCUT2D eigenvalue weighted by atomic mass is 10.1. The lowest BCUT2D eigenvalue weighted by molar-refractivity contribution is 0.102. The van der Waals surface area contributed by atoms with Crippen LogP contribution < -0.4 is 15.7 Å². The van der Waals surface area contributed by atoms with E-state index in [1.54, 1.807) is 42.5 Å². The topological polar surface area (TPSA) is 68.5 Å². The van der Waals surface area contributed by atoms with Crippen LogP contribution in [0.3, 0.4) is 0 Å². The molecule has 0 unspecified atom stereocenters. The molecule has 1 amide bonds. The molecule has 3 aromatic rings. The van der Waals surface area contributed by atoms with Crippen LogP contribution in [0.5, 0.6) is 5.75 Å². The molecule has 2 aromatic carbocycles. The summed E-state index contributed by atoms with van der Waals surface area (Å²) in [6, 6.07) is 15.6. The molecular weight excluding hydrogens is 294 g/mol. The molecule has 0 aliphatic carbocycles. The van der Waals surface area contributed by atoms with Gasteiger partial charge in [-0.05, 0) is 37.3 Å². The smallest absolute Gasteiger partial charge is 0.349 e. The number of benzene rings is 2. The SMILES string of the molecule is CCOc1ccc2cc(C(=O)Nc3ccccc3)c(=O)oc2c1. The van der Waals surface area contributed by atoms with Crippen molar-refractivity contribution in [2.45, 2.75) is 6.92 Å². The molecule has 0 fully saturated rings. The number of nitrogens with one attached hydrogen (secondary N) is 1. The van der Waals surface area contributed by atoms with Crippen molar-refractivity contribution in [3.63, 3.8) is 0 Å². The predicted molar refractivity (Wildman–Crippen MR) is 88.0 cm³/mol. The second-order valence-corrected chi connectivity index (χ2v) is 4.90. The number of amides is 1. The van der Waals surface area contributed by atoms with Crippen LogP contribution in [0.4, 0.5) is 5.69 Å². The van der Waals surface area contributed by atoms with Gasteiger partial charge in [-0.2, -0.15) is 0 Å². The van der Waals surface area contributed by atoms with Crippen molar-refractivity contribution >= 4 is 22.6 Å². The molecule has 116 valence electrons. The van der Waals surface area contributed by atoms with Crippen LogP contribution in [0.2, 0.25) is 0 Å². The average molecular weight is 309 g/mol. The molecule has 1 heterocycles. The number of para-hydroxylation sites is 1. The molecule has 0 saturated carbocycles. The normalized spacial score (nSPS) is 10.5. The van der Waals surface area contributed by atoms with E-state index in [1.165, 1.54) is 6.07 Å². The quantitative estimate of drug-likeness (QED) is 0.750. The number of hydrogen-bond acceptors (Lipinski definition) is 4. The summed E-state index contributed by atoms with van der Waals surface area (Å²) in [5.41, 5.74) is 0.283. The maximum absolute atomic E-state index is 12.3. The third-order valence-corrected chi connectivity index (χ3v) is 3.29. The first-order chi connectivity index (χ1) is 11.2. The number of anilines is 1. The molecule has 5 nitrogen and oxygen atoms in total. The van der Waals surface area contributed by atoms with Crippen molar-refractivity contribution in [1.29, 1.82) is 0 Å². The third kappa shape index (κ3) is 3.23. The minimum Gasteiger partial charge on any atom is -0.494 e. The fraction of sp³-hybridized carbons (Fsp3) is 0.111. The Hall–Kier alpha value is -3.08. The van der Waals surface area contributed by atoms with Gasteiger partial charge in [0.25, 0.3) is 5.91 Å². The predicted octanol–water partition coefficient (Wildman–Crippen LogP) is 3.44. The summed E-state index contributed by atoms with van der Waals surface area (Å²) >= 11 is 0. The number of rotatable bonds is 4. The Morgan fingerprint density at radius 1 is 1.13 bits per heavy atom. The maximum atomic E-state index is 12.3. The van der Waals surface area contributed by atoms with Gasteiger partial charge < -0.3 is 14.5 Å². The van der Waals surface area contributed by atoms with Gasteiger partial charge in [-0.1, -0.05) is 18.2 Å². The Bertz CT molecular complexity index is 900. The molecule has 0 aliphatic rings. The highest BCUT2D eigenvalue weighted by Gasteiger charge is 2.14. The van der Waals surface area contributed by atoms with Crippen molar-refractivity contribution in [2.75, 3.05) is 11.9 Å². The summed E-state index contributed by atoms with van der Waals surface area (Å²) in [4.78, 5) is 24.3. The van der Waals surface area contributed by atoms with E-state index in [0.29, 0.717) is 29.0 Å². The molecule has 0 saturated heterocycles. The molecule has 1 N–H and O–H groups in total. The minimum atomic E-state index is -0.681. The van der Waals surface area contributed by atoms with Crippen LogP contribution >= 0.6 is 0 Å². The molecule has 0 bridgehead atoms. The van der Waals surface area contributed by atoms with E-state index >= 15 is 0 Å². The molecule has 0 spiro atoms. The van der Waals surface area contributed by atoms with Crippen molar-refractivity contribution in [3.05, 3.63) is 70.6 Å². The van der Waals surface area contributed by atoms with Crippen molar-refractivity contribution in [1.82, 2.24) is 0 Å². The Morgan fingerprint density at radius 2 is 1.91 bits per heavy atom. The van der Waals surface area contributed by atoms with Gasteiger partial charge in [-0.3, -0.25) is 4.79 Å². The molecule has 0 atom stereocenters. The first kappa shape index (κ1) is 14.8. The van der Waals surface area contributed by atoms with Gasteiger partial charge in [0, 0.05) is 17.1 Å². The van der Waals surface area contributed by atoms with E-state index in [2.05, 4.69) is 5.32 Å². The molecule has 0 aliphatic heterocycles. The molecule has 0 radical (unpaired) electrons. The summed E-state index contributed by atoms with van der Waals surface area (Å²) in [5, 5.41) is 3.33. The van der Waals surface area contributed by atoms with E-state index < -0.39 is 11.5 Å². The zero-order valence-corrected chi connectivity index (χ0v) is 12.5. The van der Waals surface area contributed by atoms with Crippen LogP contribution in [-0.2, 0) is 0 Å². The first-order valence-corrected chi connectivity index (χ1v) is 7.24. The second kappa shape index (κ2) is 6.36. The third-order valence-electron chi connectivity index (χ3n) is 3.29. The van der Waals surface area contributed by atoms with E-state index in [1.807, 2.05) is 13.0 Å². The summed E-state index contributed by atoms with van der Waals surface area (Å²) in [7, 11) is 0. The van der Waals surface area contributed by atoms with Gasteiger partial charge >= 0.3 is 5.63 Å². The number of ether oxygens (including phenoxy) is 1. The fourth-order valence-electron chi connectivity index (χ4n) is 2.23. The van der Waals surface area contributed by atoms with E-state index in [9.17, 15) is 9.59 Å². The van der Waals surface area contributed by atoms with Gasteiger partial charge in [0.1, 0.15) is 16.9 Å². The zero-order chi connectivity index (χ0) is 16.2. The summed E-state index contributed by atoms with van der Waals surface area (Å²) < 4.78 is 10.6. The summed E-state index contributed by atoms with van der Waals surface area (Å²) in [6.07, 6.45) is 0. The molecule has 23 heavy (non-hydrogen) atoms. The Labute approximate surface area is 132 Å². The largest absolute Gasteiger partial charge is 0.494 e. The van der Waals surface area contributed by atoms with Gasteiger partial charge in [-0.15, -0.1) is 0 Å². The van der Waals surface area contributed by atoms with Gasteiger partial charge in [0.05, 0.1) is 6.61 Å².